The molecular formula is C22H23ClN2O4. The van der Waals surface area contributed by atoms with Crippen molar-refractivity contribution in [3.63, 3.8) is 0 Å². The van der Waals surface area contributed by atoms with Gasteiger partial charge in [-0.05, 0) is 42.7 Å². The second-order valence-electron chi connectivity index (χ2n) is 7.00. The third kappa shape index (κ3) is 6.23. The number of benzene rings is 2. The molecule has 29 heavy (non-hydrogen) atoms. The number of halogens is 1. The molecule has 2 aromatic carbocycles. The highest BCUT2D eigenvalue weighted by Crippen LogP contribution is 2.21. The van der Waals surface area contributed by atoms with E-state index in [4.69, 9.17) is 21.1 Å². The van der Waals surface area contributed by atoms with Crippen molar-refractivity contribution in [1.82, 2.24) is 5.32 Å². The van der Waals surface area contributed by atoms with E-state index in [1.165, 1.54) is 0 Å². The van der Waals surface area contributed by atoms with E-state index in [0.29, 0.717) is 10.8 Å². The highest BCUT2D eigenvalue weighted by Gasteiger charge is 2.30. The Balaban J connectivity index is 1.98. The second-order valence-corrected chi connectivity index (χ2v) is 7.44. The summed E-state index contributed by atoms with van der Waals surface area (Å²) >= 11 is 5.87. The van der Waals surface area contributed by atoms with Crippen molar-refractivity contribution in [3.8, 4) is 11.8 Å². The summed E-state index contributed by atoms with van der Waals surface area (Å²) in [5.74, 6) is -0.989. The molecule has 0 saturated heterocycles. The van der Waals surface area contributed by atoms with Gasteiger partial charge in [-0.1, -0.05) is 49.7 Å². The van der Waals surface area contributed by atoms with Crippen LogP contribution >= 0.6 is 11.6 Å². The third-order valence-electron chi connectivity index (χ3n) is 4.53. The molecule has 7 heteroatoms. The Morgan fingerprint density at radius 2 is 1.83 bits per heavy atom. The number of carbonyl (C=O) groups is 2. The molecule has 0 aliphatic heterocycles. The Bertz CT molecular complexity index is 906. The first-order valence-corrected chi connectivity index (χ1v) is 9.48. The number of hydrogen-bond acceptors (Lipinski definition) is 5. The monoisotopic (exact) mass is 414 g/mol. The van der Waals surface area contributed by atoms with Crippen LogP contribution in [0.15, 0.2) is 48.5 Å². The molecule has 0 spiro atoms. The topological polar surface area (TPSA) is 88.4 Å². The molecule has 1 atom stereocenters. The number of nitriles is 1. The number of hydrogen-bond donors (Lipinski definition) is 1. The van der Waals surface area contributed by atoms with E-state index in [1.54, 1.807) is 43.3 Å². The van der Waals surface area contributed by atoms with Gasteiger partial charge in [0, 0.05) is 5.02 Å². The Morgan fingerprint density at radius 1 is 1.17 bits per heavy atom. The first-order valence-electron chi connectivity index (χ1n) is 9.11. The van der Waals surface area contributed by atoms with Gasteiger partial charge in [0.05, 0.1) is 6.07 Å². The minimum Gasteiger partial charge on any atom is -0.488 e. The van der Waals surface area contributed by atoms with Crippen molar-refractivity contribution in [2.75, 3.05) is 6.61 Å². The maximum atomic E-state index is 12.4. The van der Waals surface area contributed by atoms with E-state index in [1.807, 2.05) is 26.0 Å². The van der Waals surface area contributed by atoms with Gasteiger partial charge in [0.2, 0.25) is 0 Å². The summed E-state index contributed by atoms with van der Waals surface area (Å²) in [6, 6.07) is 15.9. The lowest BCUT2D eigenvalue weighted by atomic mass is 9.90. The Labute approximate surface area is 175 Å². The van der Waals surface area contributed by atoms with Crippen LogP contribution in [0.4, 0.5) is 0 Å². The van der Waals surface area contributed by atoms with Gasteiger partial charge in [0.25, 0.3) is 5.91 Å². The summed E-state index contributed by atoms with van der Waals surface area (Å²) in [5, 5.41) is 12.5. The first kappa shape index (κ1) is 22.3. The summed E-state index contributed by atoms with van der Waals surface area (Å²) in [6.07, 6.45) is 0. The lowest BCUT2D eigenvalue weighted by molar-refractivity contribution is -0.125. The lowest BCUT2D eigenvalue weighted by Gasteiger charge is -2.27. The van der Waals surface area contributed by atoms with Crippen LogP contribution in [0.25, 0.3) is 0 Å². The number of nitrogens with zero attached hydrogens (tertiary/aromatic N) is 1. The average Bonchev–Trinajstić information content (AvgIpc) is 2.71. The zero-order valence-electron chi connectivity index (χ0n) is 16.6. The molecule has 0 saturated carbocycles. The van der Waals surface area contributed by atoms with Crippen LogP contribution < -0.4 is 10.1 Å². The van der Waals surface area contributed by atoms with Crippen molar-refractivity contribution in [1.29, 1.82) is 5.26 Å². The van der Waals surface area contributed by atoms with Crippen LogP contribution in [0.2, 0.25) is 5.02 Å². The molecule has 0 radical (unpaired) electrons. The number of esters is 1. The normalized spacial score (nSPS) is 12.6. The predicted octanol–water partition coefficient (Wildman–Crippen LogP) is 4.13. The quantitative estimate of drug-likeness (QED) is 0.656. The van der Waals surface area contributed by atoms with Gasteiger partial charge >= 0.3 is 5.97 Å². The smallest absolute Gasteiger partial charge is 0.342 e. The molecular weight excluding hydrogens is 392 g/mol. The van der Waals surface area contributed by atoms with Gasteiger partial charge in [-0.25, -0.2) is 4.79 Å². The number of amides is 1. The zero-order valence-corrected chi connectivity index (χ0v) is 17.3. The van der Waals surface area contributed by atoms with Crippen molar-refractivity contribution < 1.29 is 19.1 Å². The van der Waals surface area contributed by atoms with Gasteiger partial charge in [-0.2, -0.15) is 5.26 Å². The predicted molar refractivity (Wildman–Crippen MR) is 110 cm³/mol. The van der Waals surface area contributed by atoms with E-state index >= 15 is 0 Å². The molecule has 0 aliphatic carbocycles. The molecule has 0 heterocycles. The van der Waals surface area contributed by atoms with Crippen LogP contribution in [-0.4, -0.2) is 24.0 Å². The molecule has 2 rings (SSSR count). The highest BCUT2D eigenvalue weighted by molar-refractivity contribution is 6.30. The van der Waals surface area contributed by atoms with Gasteiger partial charge in [-0.15, -0.1) is 0 Å². The Morgan fingerprint density at radius 3 is 2.45 bits per heavy atom. The molecule has 0 fully saturated rings. The van der Waals surface area contributed by atoms with Crippen molar-refractivity contribution in [2.45, 2.75) is 32.9 Å². The van der Waals surface area contributed by atoms with Crippen LogP contribution in [0.1, 0.15) is 36.7 Å². The standard InChI is InChI=1S/C22H23ClN2O4/c1-15(2)22(3,14-24)25-20(26)13-29-21(27)18-6-4-5-7-19(18)28-12-16-8-10-17(23)11-9-16/h4-11,15H,12-13H2,1-3H3,(H,25,26). The van der Waals surface area contributed by atoms with Crippen molar-refractivity contribution >= 4 is 23.5 Å². The summed E-state index contributed by atoms with van der Waals surface area (Å²) < 4.78 is 10.8. The maximum Gasteiger partial charge on any atom is 0.342 e. The van der Waals surface area contributed by atoms with Gasteiger partial charge in [0.1, 0.15) is 23.5 Å². The largest absolute Gasteiger partial charge is 0.488 e. The van der Waals surface area contributed by atoms with E-state index in [-0.39, 0.29) is 18.1 Å². The molecule has 0 aliphatic rings. The number of ether oxygens (including phenoxy) is 2. The van der Waals surface area contributed by atoms with Crippen molar-refractivity contribution in [2.24, 2.45) is 5.92 Å². The minimum atomic E-state index is -1.04. The molecule has 0 aromatic heterocycles. The summed E-state index contributed by atoms with van der Waals surface area (Å²) in [7, 11) is 0. The van der Waals surface area contributed by atoms with Crippen LogP contribution in [0, 0.1) is 17.2 Å². The number of nitrogens with one attached hydrogen (secondary N) is 1. The number of para-hydroxylation sites is 1. The average molecular weight is 415 g/mol. The first-order chi connectivity index (χ1) is 13.7. The lowest BCUT2D eigenvalue weighted by Crippen LogP contribution is -2.50. The van der Waals surface area contributed by atoms with Gasteiger partial charge in [0.15, 0.2) is 6.61 Å². The fourth-order valence-electron chi connectivity index (χ4n) is 2.34. The van der Waals surface area contributed by atoms with E-state index in [2.05, 4.69) is 11.4 Å². The van der Waals surface area contributed by atoms with E-state index < -0.39 is 24.0 Å². The Hall–Kier alpha value is -3.04. The molecule has 0 bridgehead atoms. The van der Waals surface area contributed by atoms with Gasteiger partial charge in [-0.3, -0.25) is 4.79 Å². The minimum absolute atomic E-state index is 0.103. The fraction of sp³-hybridized carbons (Fsp3) is 0.318. The fourth-order valence-corrected chi connectivity index (χ4v) is 2.46. The molecule has 1 unspecified atom stereocenters. The molecule has 1 N–H and O–H groups in total. The molecule has 2 aromatic rings. The van der Waals surface area contributed by atoms with Crippen molar-refractivity contribution in [3.05, 3.63) is 64.7 Å². The zero-order chi connectivity index (χ0) is 21.4. The number of rotatable bonds is 8. The van der Waals surface area contributed by atoms with Gasteiger partial charge < -0.3 is 14.8 Å². The molecule has 1 amide bonds. The van der Waals surface area contributed by atoms with Crippen LogP contribution in [0.3, 0.4) is 0 Å². The number of carbonyl (C=O) groups excluding carboxylic acids is 2. The molecule has 152 valence electrons. The summed E-state index contributed by atoms with van der Waals surface area (Å²) in [6.45, 7) is 5.02. The Kier molecular flexibility index (Phi) is 7.63. The third-order valence-corrected chi connectivity index (χ3v) is 4.79. The van der Waals surface area contributed by atoms with Crippen LogP contribution in [0.5, 0.6) is 5.75 Å². The highest BCUT2D eigenvalue weighted by atomic mass is 35.5. The maximum absolute atomic E-state index is 12.4. The molecule has 6 nitrogen and oxygen atoms in total. The van der Waals surface area contributed by atoms with E-state index in [0.717, 1.165) is 5.56 Å². The SMILES string of the molecule is CC(C)C(C)(C#N)NC(=O)COC(=O)c1ccccc1OCc1ccc(Cl)cc1. The second kappa shape index (κ2) is 9.94. The summed E-state index contributed by atoms with van der Waals surface area (Å²) in [5.41, 5.74) is 0.0610. The summed E-state index contributed by atoms with van der Waals surface area (Å²) in [4.78, 5) is 24.5. The van der Waals surface area contributed by atoms with E-state index in [9.17, 15) is 14.9 Å². The van der Waals surface area contributed by atoms with Crippen LogP contribution in [-0.2, 0) is 16.1 Å².